The standard InChI is InChI=1S/C17H17N2O/c20-13-12-18-10-11-19(14-18)17-9-5-4-8-16(17)15-6-2-1-3-7-15/h1-11,14,20H,12-13H2/q+1. The fraction of sp³-hybridized carbons (Fsp3) is 0.118. The Morgan fingerprint density at radius 1 is 0.950 bits per heavy atom. The molecule has 0 amide bonds. The van der Waals surface area contributed by atoms with Gasteiger partial charge in [0.15, 0.2) is 0 Å². The molecule has 100 valence electrons. The zero-order valence-corrected chi connectivity index (χ0v) is 11.2. The van der Waals surface area contributed by atoms with Gasteiger partial charge in [0.1, 0.15) is 24.6 Å². The van der Waals surface area contributed by atoms with E-state index in [9.17, 15) is 0 Å². The first kappa shape index (κ1) is 12.6. The minimum atomic E-state index is 0.148. The normalized spacial score (nSPS) is 10.7. The van der Waals surface area contributed by atoms with Gasteiger partial charge in [-0.3, -0.25) is 0 Å². The minimum absolute atomic E-state index is 0.148. The summed E-state index contributed by atoms with van der Waals surface area (Å²) < 4.78 is 4.06. The number of rotatable bonds is 4. The van der Waals surface area contributed by atoms with Crippen molar-refractivity contribution in [1.29, 1.82) is 0 Å². The third-order valence-corrected chi connectivity index (χ3v) is 3.32. The summed E-state index contributed by atoms with van der Waals surface area (Å²) in [4.78, 5) is 0. The summed E-state index contributed by atoms with van der Waals surface area (Å²) in [6.45, 7) is 0.759. The van der Waals surface area contributed by atoms with Crippen LogP contribution in [0.2, 0.25) is 0 Å². The highest BCUT2D eigenvalue weighted by Crippen LogP contribution is 2.25. The average molecular weight is 265 g/mol. The highest BCUT2D eigenvalue weighted by atomic mass is 16.3. The van der Waals surface area contributed by atoms with Crippen LogP contribution in [0.4, 0.5) is 0 Å². The van der Waals surface area contributed by atoms with Crippen molar-refractivity contribution in [3.63, 3.8) is 0 Å². The zero-order chi connectivity index (χ0) is 13.8. The predicted octanol–water partition coefficient (Wildman–Crippen LogP) is 2.42. The molecule has 1 heterocycles. The van der Waals surface area contributed by atoms with E-state index in [0.717, 1.165) is 5.69 Å². The molecule has 0 saturated heterocycles. The molecule has 0 aliphatic heterocycles. The zero-order valence-electron chi connectivity index (χ0n) is 11.2. The molecule has 0 bridgehead atoms. The van der Waals surface area contributed by atoms with E-state index < -0.39 is 0 Å². The maximum Gasteiger partial charge on any atom is 0.249 e. The smallest absolute Gasteiger partial charge is 0.249 e. The van der Waals surface area contributed by atoms with Crippen molar-refractivity contribution in [2.45, 2.75) is 6.54 Å². The molecular formula is C17H17N2O+. The van der Waals surface area contributed by atoms with Gasteiger partial charge in [-0.15, -0.1) is 0 Å². The van der Waals surface area contributed by atoms with E-state index in [1.807, 2.05) is 47.6 Å². The first-order valence-corrected chi connectivity index (χ1v) is 6.71. The van der Waals surface area contributed by atoms with Gasteiger partial charge < -0.3 is 5.11 Å². The number of nitrogens with zero attached hydrogens (tertiary/aromatic N) is 2. The second-order valence-electron chi connectivity index (χ2n) is 4.67. The van der Waals surface area contributed by atoms with Crippen molar-refractivity contribution in [3.05, 3.63) is 73.3 Å². The molecule has 20 heavy (non-hydrogen) atoms. The van der Waals surface area contributed by atoms with Crippen LogP contribution in [0.5, 0.6) is 0 Å². The number of hydrogen-bond donors (Lipinski definition) is 1. The van der Waals surface area contributed by atoms with Gasteiger partial charge in [0.25, 0.3) is 0 Å². The molecule has 0 saturated carbocycles. The van der Waals surface area contributed by atoms with Gasteiger partial charge in [-0.25, -0.2) is 9.13 Å². The van der Waals surface area contributed by atoms with Crippen LogP contribution in [0.25, 0.3) is 16.8 Å². The summed E-state index contributed by atoms with van der Waals surface area (Å²) in [5.74, 6) is 0. The lowest BCUT2D eigenvalue weighted by Crippen LogP contribution is -2.32. The highest BCUT2D eigenvalue weighted by Gasteiger charge is 2.11. The van der Waals surface area contributed by atoms with E-state index in [-0.39, 0.29) is 6.61 Å². The third-order valence-electron chi connectivity index (χ3n) is 3.32. The molecule has 0 aliphatic rings. The fourth-order valence-electron chi connectivity index (χ4n) is 2.35. The number of imidazole rings is 1. The van der Waals surface area contributed by atoms with E-state index >= 15 is 0 Å². The molecule has 0 aliphatic carbocycles. The van der Waals surface area contributed by atoms with Gasteiger partial charge in [0.2, 0.25) is 6.33 Å². The Bertz CT molecular complexity index is 689. The average Bonchev–Trinajstić information content (AvgIpc) is 2.97. The van der Waals surface area contributed by atoms with Crippen LogP contribution >= 0.6 is 0 Å². The first-order chi connectivity index (χ1) is 9.88. The molecule has 3 rings (SSSR count). The van der Waals surface area contributed by atoms with Crippen molar-refractivity contribution >= 4 is 0 Å². The lowest BCUT2D eigenvalue weighted by atomic mass is 10.0. The van der Waals surface area contributed by atoms with Gasteiger partial charge in [-0.1, -0.05) is 48.5 Å². The van der Waals surface area contributed by atoms with Gasteiger partial charge in [-0.2, -0.15) is 0 Å². The number of aliphatic hydroxyl groups excluding tert-OH is 1. The summed E-state index contributed by atoms with van der Waals surface area (Å²) in [6.07, 6.45) is 5.98. The van der Waals surface area contributed by atoms with Gasteiger partial charge in [0, 0.05) is 5.56 Å². The van der Waals surface area contributed by atoms with Crippen molar-refractivity contribution in [3.8, 4) is 16.8 Å². The maximum absolute atomic E-state index is 9.00. The molecule has 3 nitrogen and oxygen atoms in total. The molecule has 1 N–H and O–H groups in total. The van der Waals surface area contributed by atoms with Gasteiger partial charge in [0.05, 0.1) is 6.61 Å². The molecular weight excluding hydrogens is 248 g/mol. The van der Waals surface area contributed by atoms with E-state index in [4.69, 9.17) is 5.11 Å². The predicted molar refractivity (Wildman–Crippen MR) is 78.5 cm³/mol. The lowest BCUT2D eigenvalue weighted by Gasteiger charge is -2.05. The Morgan fingerprint density at radius 2 is 1.70 bits per heavy atom. The van der Waals surface area contributed by atoms with E-state index in [2.05, 4.69) is 34.9 Å². The Hall–Kier alpha value is -2.39. The monoisotopic (exact) mass is 265 g/mol. The minimum Gasteiger partial charge on any atom is -0.392 e. The maximum atomic E-state index is 9.00. The SMILES string of the molecule is OCC[n+]1ccn(-c2ccccc2-c2ccccc2)c1. The van der Waals surface area contributed by atoms with Crippen LogP contribution in [0, 0.1) is 0 Å². The Morgan fingerprint density at radius 3 is 2.50 bits per heavy atom. The summed E-state index contributed by atoms with van der Waals surface area (Å²) >= 11 is 0. The van der Waals surface area contributed by atoms with Crippen molar-refractivity contribution in [2.75, 3.05) is 6.61 Å². The van der Waals surface area contributed by atoms with Crippen LogP contribution in [0.3, 0.4) is 0 Å². The number of aromatic nitrogens is 2. The van der Waals surface area contributed by atoms with Crippen LogP contribution in [0.1, 0.15) is 0 Å². The van der Waals surface area contributed by atoms with Crippen molar-refractivity contribution < 1.29 is 9.67 Å². The fourth-order valence-corrected chi connectivity index (χ4v) is 2.35. The molecule has 3 aromatic rings. The number of benzene rings is 2. The summed E-state index contributed by atoms with van der Waals surface area (Å²) in [5.41, 5.74) is 3.53. The molecule has 0 spiro atoms. The molecule has 0 atom stereocenters. The summed E-state index contributed by atoms with van der Waals surface area (Å²) in [6, 6.07) is 18.7. The van der Waals surface area contributed by atoms with Gasteiger partial charge >= 0.3 is 0 Å². The van der Waals surface area contributed by atoms with Crippen LogP contribution in [-0.2, 0) is 6.54 Å². The summed E-state index contributed by atoms with van der Waals surface area (Å²) in [7, 11) is 0. The molecule has 2 aromatic carbocycles. The molecule has 0 radical (unpaired) electrons. The number of hydrogen-bond acceptors (Lipinski definition) is 1. The van der Waals surface area contributed by atoms with Crippen LogP contribution in [0.15, 0.2) is 73.3 Å². The third kappa shape index (κ3) is 2.49. The van der Waals surface area contributed by atoms with Crippen LogP contribution < -0.4 is 4.57 Å². The Balaban J connectivity index is 2.05. The molecule has 1 aromatic heterocycles. The van der Waals surface area contributed by atoms with E-state index in [1.165, 1.54) is 11.1 Å². The molecule has 0 fully saturated rings. The second kappa shape index (κ2) is 5.72. The topological polar surface area (TPSA) is 29.0 Å². The number of para-hydroxylation sites is 1. The molecule has 3 heteroatoms. The number of aliphatic hydroxyl groups is 1. The lowest BCUT2D eigenvalue weighted by molar-refractivity contribution is -0.697. The van der Waals surface area contributed by atoms with Crippen LogP contribution in [-0.4, -0.2) is 16.3 Å². The quantitative estimate of drug-likeness (QED) is 0.721. The Kier molecular flexibility index (Phi) is 3.61. The second-order valence-corrected chi connectivity index (χ2v) is 4.67. The summed E-state index contributed by atoms with van der Waals surface area (Å²) in [5, 5.41) is 9.00. The van der Waals surface area contributed by atoms with E-state index in [0.29, 0.717) is 6.54 Å². The van der Waals surface area contributed by atoms with Crippen molar-refractivity contribution in [1.82, 2.24) is 4.57 Å². The van der Waals surface area contributed by atoms with Crippen molar-refractivity contribution in [2.24, 2.45) is 0 Å². The Labute approximate surface area is 118 Å². The molecule has 0 unspecified atom stereocenters. The van der Waals surface area contributed by atoms with E-state index in [1.54, 1.807) is 0 Å². The largest absolute Gasteiger partial charge is 0.392 e. The van der Waals surface area contributed by atoms with Gasteiger partial charge in [-0.05, 0) is 11.6 Å². The highest BCUT2D eigenvalue weighted by molar-refractivity contribution is 5.72. The first-order valence-electron chi connectivity index (χ1n) is 6.71.